The van der Waals surface area contributed by atoms with Gasteiger partial charge in [0.2, 0.25) is 5.91 Å². The molecule has 0 atom stereocenters. The van der Waals surface area contributed by atoms with Gasteiger partial charge in [-0.2, -0.15) is 0 Å². The highest BCUT2D eigenvalue weighted by molar-refractivity contribution is 7.13. The number of amides is 2. The van der Waals surface area contributed by atoms with Gasteiger partial charge in [0.05, 0.1) is 19.2 Å². The number of pyridine rings is 1. The molecule has 2 aromatic carbocycles. The number of rotatable bonds is 9. The Labute approximate surface area is 200 Å². The van der Waals surface area contributed by atoms with Gasteiger partial charge in [0.15, 0.2) is 18.1 Å². The fourth-order valence-corrected chi connectivity index (χ4v) is 3.94. The van der Waals surface area contributed by atoms with E-state index in [4.69, 9.17) is 9.47 Å². The molecule has 4 aromatic rings. The predicted molar refractivity (Wildman–Crippen MR) is 131 cm³/mol. The molecule has 4 rings (SSSR count). The minimum atomic E-state index is -0.334. The van der Waals surface area contributed by atoms with E-state index in [1.807, 2.05) is 23.6 Å². The zero-order chi connectivity index (χ0) is 23.8. The van der Waals surface area contributed by atoms with Crippen molar-refractivity contribution in [2.45, 2.75) is 6.42 Å². The summed E-state index contributed by atoms with van der Waals surface area (Å²) in [5, 5.41) is 8.28. The predicted octanol–water partition coefficient (Wildman–Crippen LogP) is 4.41. The van der Waals surface area contributed by atoms with Gasteiger partial charge in [-0.25, -0.2) is 4.98 Å². The van der Waals surface area contributed by atoms with Crippen molar-refractivity contribution >= 4 is 34.5 Å². The Balaban J connectivity index is 1.30. The lowest BCUT2D eigenvalue weighted by molar-refractivity contribution is -0.118. The molecule has 0 spiro atoms. The first-order valence-corrected chi connectivity index (χ1v) is 11.3. The van der Waals surface area contributed by atoms with E-state index in [0.29, 0.717) is 28.6 Å². The molecular weight excluding hydrogens is 452 g/mol. The normalized spacial score (nSPS) is 10.4. The number of ether oxygens (including phenoxy) is 2. The van der Waals surface area contributed by atoms with Gasteiger partial charge in [-0.3, -0.25) is 14.6 Å². The Kier molecular flexibility index (Phi) is 7.46. The Morgan fingerprint density at radius 3 is 2.44 bits per heavy atom. The third kappa shape index (κ3) is 6.17. The van der Waals surface area contributed by atoms with Crippen LogP contribution in [-0.4, -0.2) is 35.5 Å². The molecule has 34 heavy (non-hydrogen) atoms. The lowest BCUT2D eigenvalue weighted by Gasteiger charge is -2.11. The fourth-order valence-electron chi connectivity index (χ4n) is 3.13. The number of anilines is 2. The number of thiazole rings is 1. The van der Waals surface area contributed by atoms with E-state index in [-0.39, 0.29) is 24.8 Å². The molecule has 2 N–H and O–H groups in total. The highest BCUT2D eigenvalue weighted by Gasteiger charge is 2.11. The average molecular weight is 475 g/mol. The number of aromatic nitrogens is 2. The van der Waals surface area contributed by atoms with E-state index >= 15 is 0 Å². The monoisotopic (exact) mass is 474 g/mol. The number of methoxy groups -OCH3 is 1. The summed E-state index contributed by atoms with van der Waals surface area (Å²) in [6.45, 7) is -0.181. The molecule has 2 amide bonds. The third-order valence-electron chi connectivity index (χ3n) is 4.66. The smallest absolute Gasteiger partial charge is 0.262 e. The van der Waals surface area contributed by atoms with Gasteiger partial charge in [-0.1, -0.05) is 18.2 Å². The molecule has 0 aliphatic carbocycles. The van der Waals surface area contributed by atoms with Crippen LogP contribution in [0.3, 0.4) is 0 Å². The fraction of sp³-hybridized carbons (Fsp3) is 0.120. The Morgan fingerprint density at radius 1 is 0.941 bits per heavy atom. The molecule has 0 unspecified atom stereocenters. The van der Waals surface area contributed by atoms with E-state index in [2.05, 4.69) is 20.6 Å². The van der Waals surface area contributed by atoms with Crippen molar-refractivity contribution in [3.8, 4) is 22.1 Å². The van der Waals surface area contributed by atoms with Gasteiger partial charge < -0.3 is 20.1 Å². The summed E-state index contributed by atoms with van der Waals surface area (Å²) in [5.74, 6) is 0.494. The van der Waals surface area contributed by atoms with Gasteiger partial charge in [0, 0.05) is 34.7 Å². The third-order valence-corrected chi connectivity index (χ3v) is 5.60. The van der Waals surface area contributed by atoms with Crippen LogP contribution in [0.4, 0.5) is 11.4 Å². The number of para-hydroxylation sites is 2. The first kappa shape index (κ1) is 22.9. The molecule has 0 bridgehead atoms. The van der Waals surface area contributed by atoms with E-state index < -0.39 is 0 Å². The molecule has 0 saturated carbocycles. The van der Waals surface area contributed by atoms with Gasteiger partial charge >= 0.3 is 0 Å². The van der Waals surface area contributed by atoms with E-state index in [1.165, 1.54) is 18.4 Å². The average Bonchev–Trinajstić information content (AvgIpc) is 3.32. The standard InChI is InChI=1S/C25H22N4O4S/c1-32-21-9-2-3-10-22(21)33-15-24(31)28-19-8-4-7-18(12-19)27-23(30)13-20-16-34-25(29-20)17-6-5-11-26-14-17/h2-12,14,16H,13,15H2,1H3,(H,27,30)(H,28,31). The van der Waals surface area contributed by atoms with E-state index in [9.17, 15) is 9.59 Å². The SMILES string of the molecule is COc1ccccc1OCC(=O)Nc1cccc(NC(=O)Cc2csc(-c3cccnc3)n2)c1. The molecule has 2 aromatic heterocycles. The van der Waals surface area contributed by atoms with Crippen LogP contribution in [0.1, 0.15) is 5.69 Å². The number of benzene rings is 2. The van der Waals surface area contributed by atoms with E-state index in [1.54, 1.807) is 54.9 Å². The molecule has 0 radical (unpaired) electrons. The van der Waals surface area contributed by atoms with Crippen molar-refractivity contribution in [1.29, 1.82) is 0 Å². The number of carbonyl (C=O) groups is 2. The van der Waals surface area contributed by atoms with Crippen molar-refractivity contribution in [2.75, 3.05) is 24.4 Å². The van der Waals surface area contributed by atoms with Crippen LogP contribution < -0.4 is 20.1 Å². The zero-order valence-corrected chi connectivity index (χ0v) is 19.2. The summed E-state index contributed by atoms with van der Waals surface area (Å²) in [4.78, 5) is 33.4. The van der Waals surface area contributed by atoms with Crippen LogP contribution in [0, 0.1) is 0 Å². The molecule has 0 aliphatic heterocycles. The first-order chi connectivity index (χ1) is 16.6. The minimum Gasteiger partial charge on any atom is -0.493 e. The topological polar surface area (TPSA) is 102 Å². The van der Waals surface area contributed by atoms with E-state index in [0.717, 1.165) is 10.6 Å². The Bertz CT molecular complexity index is 1280. The lowest BCUT2D eigenvalue weighted by atomic mass is 10.2. The second-order valence-electron chi connectivity index (χ2n) is 7.18. The number of hydrogen-bond acceptors (Lipinski definition) is 7. The van der Waals surface area contributed by atoms with Crippen LogP contribution in [0.5, 0.6) is 11.5 Å². The van der Waals surface area contributed by atoms with Crippen molar-refractivity contribution in [2.24, 2.45) is 0 Å². The molecule has 2 heterocycles. The molecule has 0 aliphatic rings. The van der Waals surface area contributed by atoms with Crippen LogP contribution in [-0.2, 0) is 16.0 Å². The molecule has 0 saturated heterocycles. The van der Waals surface area contributed by atoms with Gasteiger partial charge in [-0.05, 0) is 42.5 Å². The highest BCUT2D eigenvalue weighted by Crippen LogP contribution is 2.26. The maximum atomic E-state index is 12.5. The quantitative estimate of drug-likeness (QED) is 0.373. The Hall–Kier alpha value is -4.24. The van der Waals surface area contributed by atoms with Crippen LogP contribution >= 0.6 is 11.3 Å². The van der Waals surface area contributed by atoms with Crippen molar-refractivity contribution < 1.29 is 19.1 Å². The van der Waals surface area contributed by atoms with Crippen LogP contribution in [0.25, 0.3) is 10.6 Å². The summed E-state index contributed by atoms with van der Waals surface area (Å²) < 4.78 is 10.8. The molecule has 8 nitrogen and oxygen atoms in total. The highest BCUT2D eigenvalue weighted by atomic mass is 32.1. The number of nitrogens with zero attached hydrogens (tertiary/aromatic N) is 2. The minimum absolute atomic E-state index is 0.139. The van der Waals surface area contributed by atoms with Crippen molar-refractivity contribution in [3.63, 3.8) is 0 Å². The van der Waals surface area contributed by atoms with Crippen LogP contribution in [0.2, 0.25) is 0 Å². The maximum absolute atomic E-state index is 12.5. The zero-order valence-electron chi connectivity index (χ0n) is 18.4. The summed E-state index contributed by atoms with van der Waals surface area (Å²) in [7, 11) is 1.54. The van der Waals surface area contributed by atoms with Gasteiger partial charge in [-0.15, -0.1) is 11.3 Å². The Morgan fingerprint density at radius 2 is 1.71 bits per heavy atom. The molecule has 172 valence electrons. The first-order valence-electron chi connectivity index (χ1n) is 10.4. The number of nitrogens with one attached hydrogen (secondary N) is 2. The number of carbonyl (C=O) groups excluding carboxylic acids is 2. The lowest BCUT2D eigenvalue weighted by Crippen LogP contribution is -2.20. The van der Waals surface area contributed by atoms with Crippen molar-refractivity contribution in [1.82, 2.24) is 9.97 Å². The van der Waals surface area contributed by atoms with Gasteiger partial charge in [0.1, 0.15) is 5.01 Å². The molecule has 9 heteroatoms. The second-order valence-corrected chi connectivity index (χ2v) is 8.04. The van der Waals surface area contributed by atoms with Gasteiger partial charge in [0.25, 0.3) is 5.91 Å². The molecular formula is C25H22N4O4S. The summed E-state index contributed by atoms with van der Waals surface area (Å²) in [6, 6.07) is 17.8. The number of hydrogen-bond donors (Lipinski definition) is 2. The summed E-state index contributed by atoms with van der Waals surface area (Å²) in [5.41, 5.74) is 2.70. The summed E-state index contributed by atoms with van der Waals surface area (Å²) in [6.07, 6.45) is 3.58. The summed E-state index contributed by atoms with van der Waals surface area (Å²) >= 11 is 1.47. The molecule has 0 fully saturated rings. The van der Waals surface area contributed by atoms with Crippen LogP contribution in [0.15, 0.2) is 78.4 Å². The maximum Gasteiger partial charge on any atom is 0.262 e. The second kappa shape index (κ2) is 11.1. The van der Waals surface area contributed by atoms with Crippen molar-refractivity contribution in [3.05, 3.63) is 84.1 Å². The largest absolute Gasteiger partial charge is 0.493 e.